The molecule has 1 aromatic rings. The third-order valence-electron chi connectivity index (χ3n) is 3.08. The quantitative estimate of drug-likeness (QED) is 0.460. The topological polar surface area (TPSA) is 130 Å². The number of benzene rings is 1. The Morgan fingerprint density at radius 1 is 1.21 bits per heavy atom. The van der Waals surface area contributed by atoms with Gasteiger partial charge in [-0.15, -0.1) is 0 Å². The van der Waals surface area contributed by atoms with Crippen molar-refractivity contribution in [2.75, 3.05) is 5.73 Å². The number of hydrogen-bond donors (Lipinski definition) is 4. The van der Waals surface area contributed by atoms with Gasteiger partial charge in [0.25, 0.3) is 0 Å². The van der Waals surface area contributed by atoms with Crippen molar-refractivity contribution in [1.82, 2.24) is 5.32 Å². The molecule has 0 aliphatic rings. The van der Waals surface area contributed by atoms with E-state index in [0.717, 1.165) is 13.0 Å². The molecule has 0 aliphatic heterocycles. The SMILES string of the molecule is CC(=O)NC(Cc1cc(Cl)c(N)c(C(F)(F)F)c1)(C(=O)O)C(=O)O. The van der Waals surface area contributed by atoms with Gasteiger partial charge in [0, 0.05) is 13.3 Å². The summed E-state index contributed by atoms with van der Waals surface area (Å²) in [6, 6.07) is 1.40. The van der Waals surface area contributed by atoms with E-state index < -0.39 is 52.3 Å². The summed E-state index contributed by atoms with van der Waals surface area (Å²) in [4.78, 5) is 33.9. The smallest absolute Gasteiger partial charge is 0.418 e. The van der Waals surface area contributed by atoms with E-state index in [1.807, 2.05) is 0 Å². The molecular formula is C13H12ClF3N2O5. The van der Waals surface area contributed by atoms with Gasteiger partial charge in [-0.1, -0.05) is 11.6 Å². The summed E-state index contributed by atoms with van der Waals surface area (Å²) in [5.74, 6) is -4.89. The maximum atomic E-state index is 12.9. The minimum absolute atomic E-state index is 0.375. The Balaban J connectivity index is 3.49. The van der Waals surface area contributed by atoms with Gasteiger partial charge in [-0.3, -0.25) is 4.79 Å². The maximum absolute atomic E-state index is 12.9. The Labute approximate surface area is 138 Å². The molecule has 1 amide bonds. The lowest BCUT2D eigenvalue weighted by atomic mass is 9.89. The van der Waals surface area contributed by atoms with Crippen LogP contribution < -0.4 is 11.1 Å². The first kappa shape index (κ1) is 19.6. The number of alkyl halides is 3. The monoisotopic (exact) mass is 368 g/mol. The number of amides is 1. The molecular weight excluding hydrogens is 357 g/mol. The van der Waals surface area contributed by atoms with Crippen molar-refractivity contribution in [2.45, 2.75) is 25.1 Å². The molecule has 0 spiro atoms. The number of nitrogens with two attached hydrogens (primary N) is 1. The van der Waals surface area contributed by atoms with Gasteiger partial charge in [0.05, 0.1) is 16.3 Å². The fourth-order valence-corrected chi connectivity index (χ4v) is 2.25. The summed E-state index contributed by atoms with van der Waals surface area (Å²) in [6.07, 6.45) is -5.85. The number of carboxylic acids is 2. The number of nitrogens with one attached hydrogen (secondary N) is 1. The van der Waals surface area contributed by atoms with Gasteiger partial charge in [-0.2, -0.15) is 13.2 Å². The van der Waals surface area contributed by atoms with Gasteiger partial charge in [0.15, 0.2) is 0 Å². The number of aliphatic carboxylic acids is 2. The second-order valence-electron chi connectivity index (χ2n) is 4.91. The molecule has 0 unspecified atom stereocenters. The van der Waals surface area contributed by atoms with Crippen molar-refractivity contribution in [3.8, 4) is 0 Å². The van der Waals surface area contributed by atoms with Crippen molar-refractivity contribution in [3.63, 3.8) is 0 Å². The van der Waals surface area contributed by atoms with E-state index in [-0.39, 0.29) is 5.56 Å². The molecule has 132 valence electrons. The number of rotatable bonds is 5. The van der Waals surface area contributed by atoms with E-state index in [1.54, 1.807) is 5.32 Å². The zero-order chi connectivity index (χ0) is 18.9. The largest absolute Gasteiger partial charge is 0.479 e. The highest BCUT2D eigenvalue weighted by Crippen LogP contribution is 2.38. The average Bonchev–Trinajstić information content (AvgIpc) is 2.39. The average molecular weight is 369 g/mol. The number of carboxylic acid groups (broad SMARTS) is 2. The molecule has 0 saturated carbocycles. The van der Waals surface area contributed by atoms with Gasteiger partial charge >= 0.3 is 18.1 Å². The van der Waals surface area contributed by atoms with Crippen LogP contribution in [0, 0.1) is 0 Å². The highest BCUT2D eigenvalue weighted by molar-refractivity contribution is 6.33. The van der Waals surface area contributed by atoms with Crippen molar-refractivity contribution < 1.29 is 37.8 Å². The van der Waals surface area contributed by atoms with Crippen LogP contribution in [0.1, 0.15) is 18.1 Å². The van der Waals surface area contributed by atoms with E-state index in [0.29, 0.717) is 6.07 Å². The maximum Gasteiger partial charge on any atom is 0.418 e. The number of carbonyl (C=O) groups is 3. The summed E-state index contributed by atoms with van der Waals surface area (Å²) in [7, 11) is 0. The van der Waals surface area contributed by atoms with Crippen LogP contribution in [-0.4, -0.2) is 33.6 Å². The number of halogens is 4. The van der Waals surface area contributed by atoms with E-state index in [2.05, 4.69) is 0 Å². The van der Waals surface area contributed by atoms with Crippen LogP contribution in [-0.2, 0) is 27.0 Å². The Morgan fingerprint density at radius 3 is 2.08 bits per heavy atom. The number of hydrogen-bond acceptors (Lipinski definition) is 4. The Hall–Kier alpha value is -2.49. The fourth-order valence-electron chi connectivity index (χ4n) is 2.01. The zero-order valence-electron chi connectivity index (χ0n) is 12.1. The van der Waals surface area contributed by atoms with Crippen molar-refractivity contribution in [1.29, 1.82) is 0 Å². The van der Waals surface area contributed by atoms with Crippen molar-refractivity contribution in [3.05, 3.63) is 28.3 Å². The van der Waals surface area contributed by atoms with Crippen LogP contribution >= 0.6 is 11.6 Å². The number of carbonyl (C=O) groups excluding carboxylic acids is 1. The highest BCUT2D eigenvalue weighted by atomic mass is 35.5. The van der Waals surface area contributed by atoms with Gasteiger partial charge in [-0.25, -0.2) is 9.59 Å². The fraction of sp³-hybridized carbons (Fsp3) is 0.308. The highest BCUT2D eigenvalue weighted by Gasteiger charge is 2.48. The van der Waals surface area contributed by atoms with Crippen LogP contribution in [0.25, 0.3) is 0 Å². The number of anilines is 1. The first-order valence-corrected chi connectivity index (χ1v) is 6.59. The van der Waals surface area contributed by atoms with Crippen LogP contribution in [0.4, 0.5) is 18.9 Å². The summed E-state index contributed by atoms with van der Waals surface area (Å²) >= 11 is 5.61. The summed E-state index contributed by atoms with van der Waals surface area (Å²) in [6.45, 7) is 0.873. The lowest BCUT2D eigenvalue weighted by Gasteiger charge is -2.26. The van der Waals surface area contributed by atoms with Crippen LogP contribution in [0.2, 0.25) is 5.02 Å². The lowest BCUT2D eigenvalue weighted by Crippen LogP contribution is -2.61. The Kier molecular flexibility index (Phi) is 5.34. The molecule has 0 radical (unpaired) electrons. The molecule has 1 aromatic carbocycles. The lowest BCUT2D eigenvalue weighted by molar-refractivity contribution is -0.161. The van der Waals surface area contributed by atoms with Crippen LogP contribution in [0.15, 0.2) is 12.1 Å². The van der Waals surface area contributed by atoms with Gasteiger partial charge < -0.3 is 21.3 Å². The van der Waals surface area contributed by atoms with Gasteiger partial charge in [0.1, 0.15) is 0 Å². The number of nitrogen functional groups attached to an aromatic ring is 1. The Morgan fingerprint density at radius 2 is 1.71 bits per heavy atom. The molecule has 0 fully saturated rings. The van der Waals surface area contributed by atoms with Crippen molar-refractivity contribution >= 4 is 35.1 Å². The molecule has 0 bridgehead atoms. The first-order valence-electron chi connectivity index (χ1n) is 6.22. The van der Waals surface area contributed by atoms with E-state index in [9.17, 15) is 37.8 Å². The predicted molar refractivity (Wildman–Crippen MR) is 76.4 cm³/mol. The molecule has 5 N–H and O–H groups in total. The third-order valence-corrected chi connectivity index (χ3v) is 3.40. The molecule has 0 heterocycles. The van der Waals surface area contributed by atoms with Gasteiger partial charge in [-0.05, 0) is 17.7 Å². The third kappa shape index (κ3) is 3.88. The van der Waals surface area contributed by atoms with E-state index in [4.69, 9.17) is 17.3 Å². The van der Waals surface area contributed by atoms with Crippen LogP contribution in [0.3, 0.4) is 0 Å². The zero-order valence-corrected chi connectivity index (χ0v) is 12.8. The van der Waals surface area contributed by atoms with Crippen molar-refractivity contribution in [2.24, 2.45) is 0 Å². The molecule has 7 nitrogen and oxygen atoms in total. The van der Waals surface area contributed by atoms with E-state index in [1.165, 1.54) is 0 Å². The molecule has 0 saturated heterocycles. The summed E-state index contributed by atoms with van der Waals surface area (Å²) < 4.78 is 38.8. The van der Waals surface area contributed by atoms with E-state index >= 15 is 0 Å². The summed E-state index contributed by atoms with van der Waals surface area (Å²) in [5.41, 5.74) is -0.0906. The molecule has 11 heteroatoms. The minimum Gasteiger partial charge on any atom is -0.479 e. The first-order chi connectivity index (χ1) is 10.8. The minimum atomic E-state index is -4.88. The standard InChI is InChI=1S/C13H12ClF3N2O5/c1-5(20)19-12(10(21)22,11(23)24)4-6-2-7(13(15,16)17)9(18)8(14)3-6/h2-3H,4,18H2,1H3,(H,19,20)(H,21,22)(H,23,24). The molecule has 0 aliphatic carbocycles. The summed E-state index contributed by atoms with van der Waals surface area (Å²) in [5, 5.41) is 19.6. The predicted octanol–water partition coefficient (Wildman–Crippen LogP) is 1.53. The van der Waals surface area contributed by atoms with Crippen LogP contribution in [0.5, 0.6) is 0 Å². The Bertz CT molecular complexity index is 692. The normalized spacial score (nSPS) is 11.9. The molecule has 0 atom stereocenters. The second kappa shape index (κ2) is 6.56. The second-order valence-corrected chi connectivity index (χ2v) is 5.32. The van der Waals surface area contributed by atoms with Gasteiger partial charge in [0.2, 0.25) is 11.4 Å². The molecule has 24 heavy (non-hydrogen) atoms. The molecule has 0 aromatic heterocycles. The molecule has 1 rings (SSSR count).